The molecule has 2 aromatic heterocycles. The van der Waals surface area contributed by atoms with Crippen LogP contribution in [0.25, 0.3) is 11.0 Å². The maximum absolute atomic E-state index is 13.6. The zero-order valence-electron chi connectivity index (χ0n) is 12.1. The topological polar surface area (TPSA) is 84.7 Å². The molecule has 0 amide bonds. The zero-order valence-corrected chi connectivity index (χ0v) is 12.1. The molecule has 0 aliphatic rings. The highest BCUT2D eigenvalue weighted by molar-refractivity contribution is 5.86. The fraction of sp³-hybridized carbons (Fsp3) is 0.214. The number of benzene rings is 1. The molecule has 0 saturated carbocycles. The Bertz CT molecular complexity index is 970. The summed E-state index contributed by atoms with van der Waals surface area (Å²) in [5, 5.41) is 9.88. The minimum atomic E-state index is -0.456. The minimum absolute atomic E-state index is 0.190. The summed E-state index contributed by atoms with van der Waals surface area (Å²) in [5.74, 6) is 0.0218. The summed E-state index contributed by atoms with van der Waals surface area (Å²) < 4.78 is 15.9. The number of aromatic amines is 1. The average molecular weight is 303 g/mol. The molecule has 0 bridgehead atoms. The Morgan fingerprint density at radius 1 is 1.23 bits per heavy atom. The minimum Gasteiger partial charge on any atom is -0.366 e. The second-order valence-electron chi connectivity index (χ2n) is 4.95. The summed E-state index contributed by atoms with van der Waals surface area (Å²) in [6.07, 6.45) is 0. The zero-order chi connectivity index (χ0) is 15.9. The summed E-state index contributed by atoms with van der Waals surface area (Å²) in [6, 6.07) is 6.35. The summed E-state index contributed by atoms with van der Waals surface area (Å²) in [7, 11) is 2.93. The standard InChI is InChI=1S/C14H14FN5O2/c1-19-12-10(13(21)20(2)14(19)22)11(17-18-12)16-7-8-5-3-4-6-9(8)15/h3-6H,7H2,1-2H3,(H2,16,17,18). The van der Waals surface area contributed by atoms with Crippen LogP contribution in [0.4, 0.5) is 10.2 Å². The number of aryl methyl sites for hydroxylation is 1. The highest BCUT2D eigenvalue weighted by Crippen LogP contribution is 2.16. The van der Waals surface area contributed by atoms with Gasteiger partial charge in [0.25, 0.3) is 5.56 Å². The fourth-order valence-electron chi connectivity index (χ4n) is 2.30. The van der Waals surface area contributed by atoms with E-state index < -0.39 is 11.2 Å². The molecule has 8 heteroatoms. The van der Waals surface area contributed by atoms with Gasteiger partial charge < -0.3 is 5.32 Å². The van der Waals surface area contributed by atoms with E-state index in [0.717, 1.165) is 4.57 Å². The van der Waals surface area contributed by atoms with Crippen molar-refractivity contribution in [3.63, 3.8) is 0 Å². The third-order valence-electron chi connectivity index (χ3n) is 3.57. The highest BCUT2D eigenvalue weighted by Gasteiger charge is 2.15. The molecule has 3 aromatic rings. The summed E-state index contributed by atoms with van der Waals surface area (Å²) in [4.78, 5) is 24.1. The van der Waals surface area contributed by atoms with Gasteiger partial charge in [-0.2, -0.15) is 5.10 Å². The molecule has 0 radical (unpaired) electrons. The first-order valence-electron chi connectivity index (χ1n) is 6.62. The van der Waals surface area contributed by atoms with Crippen LogP contribution in [0.1, 0.15) is 5.56 Å². The van der Waals surface area contributed by atoms with Crippen LogP contribution >= 0.6 is 0 Å². The van der Waals surface area contributed by atoms with Crippen molar-refractivity contribution in [2.45, 2.75) is 6.54 Å². The predicted octanol–water partition coefficient (Wildman–Crippen LogP) is 0.711. The molecule has 2 N–H and O–H groups in total. The van der Waals surface area contributed by atoms with E-state index in [2.05, 4.69) is 15.5 Å². The van der Waals surface area contributed by atoms with Crippen molar-refractivity contribution < 1.29 is 4.39 Å². The largest absolute Gasteiger partial charge is 0.366 e. The SMILES string of the molecule is Cn1c(=O)c2c(NCc3ccccc3F)[nH]nc2n(C)c1=O. The summed E-state index contributed by atoms with van der Waals surface area (Å²) in [5.41, 5.74) is -0.191. The Morgan fingerprint density at radius 3 is 2.68 bits per heavy atom. The van der Waals surface area contributed by atoms with Crippen molar-refractivity contribution in [2.24, 2.45) is 14.1 Å². The first kappa shape index (κ1) is 14.1. The first-order chi connectivity index (χ1) is 10.5. The lowest BCUT2D eigenvalue weighted by Crippen LogP contribution is -2.36. The van der Waals surface area contributed by atoms with Gasteiger partial charge in [-0.15, -0.1) is 0 Å². The van der Waals surface area contributed by atoms with Crippen LogP contribution in [0.15, 0.2) is 33.9 Å². The van der Waals surface area contributed by atoms with Crippen molar-refractivity contribution in [2.75, 3.05) is 5.32 Å². The molecular formula is C14H14FN5O2. The van der Waals surface area contributed by atoms with Gasteiger partial charge in [0.15, 0.2) is 5.65 Å². The van der Waals surface area contributed by atoms with Gasteiger partial charge in [0.05, 0.1) is 0 Å². The van der Waals surface area contributed by atoms with Crippen molar-refractivity contribution >= 4 is 16.9 Å². The van der Waals surface area contributed by atoms with E-state index in [-0.39, 0.29) is 23.4 Å². The van der Waals surface area contributed by atoms with Gasteiger partial charge in [-0.1, -0.05) is 18.2 Å². The molecule has 3 rings (SSSR count). The number of fused-ring (bicyclic) bond motifs is 1. The number of halogens is 1. The Balaban J connectivity index is 2.05. The summed E-state index contributed by atoms with van der Waals surface area (Å²) in [6.45, 7) is 0.190. The van der Waals surface area contributed by atoms with E-state index in [4.69, 9.17) is 0 Å². The van der Waals surface area contributed by atoms with Crippen LogP contribution in [-0.2, 0) is 20.6 Å². The molecule has 0 aliphatic heterocycles. The van der Waals surface area contributed by atoms with E-state index in [1.54, 1.807) is 18.2 Å². The number of anilines is 1. The highest BCUT2D eigenvalue weighted by atomic mass is 19.1. The third-order valence-corrected chi connectivity index (χ3v) is 3.57. The van der Waals surface area contributed by atoms with Gasteiger partial charge >= 0.3 is 5.69 Å². The summed E-state index contributed by atoms with van der Waals surface area (Å²) >= 11 is 0. The lowest BCUT2D eigenvalue weighted by atomic mass is 10.2. The normalized spacial score (nSPS) is 11.0. The molecule has 1 aromatic carbocycles. The van der Waals surface area contributed by atoms with Gasteiger partial charge in [-0.25, -0.2) is 9.18 Å². The predicted molar refractivity (Wildman–Crippen MR) is 80.3 cm³/mol. The Labute approximate surface area is 124 Å². The molecule has 7 nitrogen and oxygen atoms in total. The van der Waals surface area contributed by atoms with Crippen LogP contribution in [0, 0.1) is 5.82 Å². The third kappa shape index (κ3) is 2.09. The molecule has 114 valence electrons. The van der Waals surface area contributed by atoms with E-state index in [9.17, 15) is 14.0 Å². The van der Waals surface area contributed by atoms with E-state index in [0.29, 0.717) is 11.4 Å². The van der Waals surface area contributed by atoms with Gasteiger partial charge in [0.2, 0.25) is 0 Å². The Morgan fingerprint density at radius 2 is 1.95 bits per heavy atom. The second kappa shape index (κ2) is 5.14. The molecule has 0 saturated heterocycles. The van der Waals surface area contributed by atoms with Crippen LogP contribution < -0.4 is 16.6 Å². The second-order valence-corrected chi connectivity index (χ2v) is 4.95. The Hall–Kier alpha value is -2.90. The lowest BCUT2D eigenvalue weighted by molar-refractivity contribution is 0.613. The number of aromatic nitrogens is 4. The number of nitrogens with zero attached hydrogens (tertiary/aromatic N) is 3. The number of nitrogens with one attached hydrogen (secondary N) is 2. The number of H-pyrrole nitrogens is 1. The smallest absolute Gasteiger partial charge is 0.332 e. The molecule has 0 spiro atoms. The van der Waals surface area contributed by atoms with Crippen LogP contribution in [0.2, 0.25) is 0 Å². The molecule has 2 heterocycles. The monoisotopic (exact) mass is 303 g/mol. The van der Waals surface area contributed by atoms with Gasteiger partial charge in [-0.3, -0.25) is 19.0 Å². The van der Waals surface area contributed by atoms with Crippen LogP contribution in [-0.4, -0.2) is 19.3 Å². The van der Waals surface area contributed by atoms with Crippen molar-refractivity contribution in [3.05, 3.63) is 56.5 Å². The number of rotatable bonds is 3. The Kier molecular flexibility index (Phi) is 3.28. The van der Waals surface area contributed by atoms with E-state index in [1.807, 2.05) is 0 Å². The van der Waals surface area contributed by atoms with Gasteiger partial charge in [-0.05, 0) is 6.07 Å². The van der Waals surface area contributed by atoms with Crippen LogP contribution in [0.5, 0.6) is 0 Å². The average Bonchev–Trinajstić information content (AvgIpc) is 2.94. The van der Waals surface area contributed by atoms with Gasteiger partial charge in [0.1, 0.15) is 17.0 Å². The molecule has 22 heavy (non-hydrogen) atoms. The molecular weight excluding hydrogens is 289 g/mol. The van der Waals surface area contributed by atoms with Crippen molar-refractivity contribution in [1.82, 2.24) is 19.3 Å². The maximum Gasteiger partial charge on any atom is 0.332 e. The van der Waals surface area contributed by atoms with Crippen molar-refractivity contribution in [1.29, 1.82) is 0 Å². The number of hydrogen-bond acceptors (Lipinski definition) is 4. The van der Waals surface area contributed by atoms with Gasteiger partial charge in [0, 0.05) is 26.2 Å². The number of hydrogen-bond donors (Lipinski definition) is 2. The van der Waals surface area contributed by atoms with E-state index in [1.165, 1.54) is 24.7 Å². The molecule has 0 unspecified atom stereocenters. The fourth-order valence-corrected chi connectivity index (χ4v) is 2.30. The molecule has 0 atom stereocenters. The quantitative estimate of drug-likeness (QED) is 0.746. The molecule has 0 aliphatic carbocycles. The van der Waals surface area contributed by atoms with Crippen LogP contribution in [0.3, 0.4) is 0 Å². The maximum atomic E-state index is 13.6. The molecule has 0 fully saturated rings. The van der Waals surface area contributed by atoms with Crippen molar-refractivity contribution in [3.8, 4) is 0 Å². The first-order valence-corrected chi connectivity index (χ1v) is 6.62. The van der Waals surface area contributed by atoms with E-state index >= 15 is 0 Å². The lowest BCUT2D eigenvalue weighted by Gasteiger charge is -2.06.